The Hall–Kier alpha value is -2.78. The van der Waals surface area contributed by atoms with Crippen molar-refractivity contribution < 1.29 is 9.53 Å². The minimum Gasteiger partial charge on any atom is -0.465 e. The maximum atomic E-state index is 12.3. The van der Waals surface area contributed by atoms with E-state index in [9.17, 15) is 9.59 Å². The average molecular weight is 359 g/mol. The maximum Gasteiger partial charge on any atom is 0.370 e. The Labute approximate surface area is 147 Å². The van der Waals surface area contributed by atoms with E-state index < -0.39 is 0 Å². The fourth-order valence-corrected chi connectivity index (χ4v) is 3.01. The van der Waals surface area contributed by atoms with Gasteiger partial charge in [-0.25, -0.2) is 9.59 Å². The van der Waals surface area contributed by atoms with Gasteiger partial charge in [0, 0.05) is 6.54 Å². The summed E-state index contributed by atoms with van der Waals surface area (Å²) < 4.78 is 7.27. The van der Waals surface area contributed by atoms with Crippen LogP contribution in [0.4, 0.5) is 0 Å². The first-order chi connectivity index (χ1) is 12.1. The molecule has 2 aromatic heterocycles. The number of nitrogens with zero attached hydrogens (tertiary/aromatic N) is 5. The second-order valence-corrected chi connectivity index (χ2v) is 6.39. The number of tetrazole rings is 1. The molecule has 9 heteroatoms. The molecule has 0 aliphatic carbocycles. The minimum atomic E-state index is -0.364. The maximum absolute atomic E-state index is 12.3. The Bertz CT molecular complexity index is 899. The third-order valence-electron chi connectivity index (χ3n) is 3.56. The van der Waals surface area contributed by atoms with E-state index in [2.05, 4.69) is 15.2 Å². The number of carbonyl (C=O) groups excluding carboxylic acids is 1. The van der Waals surface area contributed by atoms with Crippen molar-refractivity contribution in [3.63, 3.8) is 0 Å². The zero-order valence-electron chi connectivity index (χ0n) is 13.8. The molecule has 0 unspecified atom stereocenters. The van der Waals surface area contributed by atoms with E-state index >= 15 is 0 Å². The third kappa shape index (κ3) is 3.83. The molecule has 3 rings (SSSR count). The molecule has 0 atom stereocenters. The van der Waals surface area contributed by atoms with Crippen molar-refractivity contribution in [2.24, 2.45) is 0 Å². The smallest absolute Gasteiger partial charge is 0.370 e. The molecule has 0 amide bonds. The lowest BCUT2D eigenvalue weighted by molar-refractivity contribution is 0.0600. The van der Waals surface area contributed by atoms with Crippen LogP contribution < -0.4 is 5.69 Å². The molecule has 0 fully saturated rings. The number of thiophene rings is 1. The van der Waals surface area contributed by atoms with Gasteiger partial charge in [0.15, 0.2) is 0 Å². The average Bonchev–Trinajstić information content (AvgIpc) is 3.25. The van der Waals surface area contributed by atoms with Gasteiger partial charge in [-0.05, 0) is 52.7 Å². The van der Waals surface area contributed by atoms with Crippen molar-refractivity contribution in [3.05, 3.63) is 63.4 Å². The highest BCUT2D eigenvalue weighted by molar-refractivity contribution is 7.12. The number of methoxy groups -OCH3 is 1. The van der Waals surface area contributed by atoms with E-state index in [1.807, 2.05) is 41.6 Å². The van der Waals surface area contributed by atoms with Gasteiger partial charge < -0.3 is 4.74 Å². The fraction of sp³-hybridized carbons (Fsp3) is 0.250. The van der Waals surface area contributed by atoms with Crippen molar-refractivity contribution in [2.75, 3.05) is 14.2 Å². The number of carbonyl (C=O) groups is 1. The molecule has 0 radical (unpaired) electrons. The van der Waals surface area contributed by atoms with Crippen molar-refractivity contribution in [2.45, 2.75) is 13.2 Å². The lowest BCUT2D eigenvalue weighted by Gasteiger charge is -2.15. The quantitative estimate of drug-likeness (QED) is 0.618. The Balaban J connectivity index is 1.66. The van der Waals surface area contributed by atoms with E-state index in [0.717, 1.165) is 10.6 Å². The molecule has 0 spiro atoms. The predicted molar refractivity (Wildman–Crippen MR) is 92.7 cm³/mol. The van der Waals surface area contributed by atoms with Crippen LogP contribution >= 0.6 is 11.3 Å². The van der Waals surface area contributed by atoms with Gasteiger partial charge in [-0.15, -0.1) is 11.3 Å². The topological polar surface area (TPSA) is 82.2 Å². The Morgan fingerprint density at radius 3 is 2.64 bits per heavy atom. The number of esters is 1. The summed E-state index contributed by atoms with van der Waals surface area (Å²) in [5.41, 5.74) is 1.23. The number of ether oxygens (including phenoxy) is 1. The molecule has 2 heterocycles. The summed E-state index contributed by atoms with van der Waals surface area (Å²) in [5, 5.41) is 10.4. The minimum absolute atomic E-state index is 0.282. The second-order valence-electron chi connectivity index (χ2n) is 5.47. The van der Waals surface area contributed by atoms with E-state index in [1.165, 1.54) is 27.8 Å². The van der Waals surface area contributed by atoms with Gasteiger partial charge in [0.25, 0.3) is 0 Å². The lowest BCUT2D eigenvalue weighted by atomic mass is 10.1. The molecule has 0 aliphatic heterocycles. The molecular weight excluding hydrogens is 342 g/mol. The van der Waals surface area contributed by atoms with Gasteiger partial charge in [-0.1, -0.05) is 12.1 Å². The van der Waals surface area contributed by atoms with Gasteiger partial charge in [0.1, 0.15) is 11.7 Å². The number of hydrogen-bond acceptors (Lipinski definition) is 7. The van der Waals surface area contributed by atoms with Crippen LogP contribution in [0.5, 0.6) is 0 Å². The van der Waals surface area contributed by atoms with Crippen molar-refractivity contribution >= 4 is 17.3 Å². The molecule has 3 aromatic rings. The number of aromatic nitrogens is 4. The van der Waals surface area contributed by atoms with E-state index in [4.69, 9.17) is 0 Å². The van der Waals surface area contributed by atoms with Gasteiger partial charge >= 0.3 is 11.7 Å². The van der Waals surface area contributed by atoms with Crippen LogP contribution in [-0.2, 0) is 18.0 Å². The van der Waals surface area contributed by atoms with Crippen LogP contribution in [0.25, 0.3) is 5.00 Å². The lowest BCUT2D eigenvalue weighted by Crippen LogP contribution is -2.31. The van der Waals surface area contributed by atoms with Crippen LogP contribution in [0.3, 0.4) is 0 Å². The molecule has 1 aromatic carbocycles. The predicted octanol–water partition coefficient (Wildman–Crippen LogP) is 1.37. The summed E-state index contributed by atoms with van der Waals surface area (Å²) in [6, 6.07) is 10.8. The Kier molecular flexibility index (Phi) is 5.05. The van der Waals surface area contributed by atoms with Gasteiger partial charge in [0.05, 0.1) is 12.7 Å². The molecule has 0 N–H and O–H groups in total. The Morgan fingerprint density at radius 2 is 2.00 bits per heavy atom. The normalized spacial score (nSPS) is 11.0. The van der Waals surface area contributed by atoms with E-state index in [0.29, 0.717) is 18.8 Å². The second kappa shape index (κ2) is 7.41. The van der Waals surface area contributed by atoms with Crippen LogP contribution in [-0.4, -0.2) is 44.8 Å². The molecule has 0 saturated heterocycles. The van der Waals surface area contributed by atoms with Crippen molar-refractivity contribution in [3.8, 4) is 5.00 Å². The zero-order chi connectivity index (χ0) is 17.8. The molecular formula is C16H17N5O3S. The van der Waals surface area contributed by atoms with E-state index in [1.54, 1.807) is 12.1 Å². The fourth-order valence-electron chi connectivity index (χ4n) is 2.35. The first-order valence-corrected chi connectivity index (χ1v) is 8.39. The highest BCUT2D eigenvalue weighted by Gasteiger charge is 2.12. The molecule has 0 bridgehead atoms. The van der Waals surface area contributed by atoms with Crippen LogP contribution in [0.15, 0.2) is 46.6 Å². The third-order valence-corrected chi connectivity index (χ3v) is 4.40. The van der Waals surface area contributed by atoms with Crippen LogP contribution in [0.1, 0.15) is 15.9 Å². The molecule has 130 valence electrons. The summed E-state index contributed by atoms with van der Waals surface area (Å²) in [4.78, 5) is 25.7. The Morgan fingerprint density at radius 1 is 1.24 bits per heavy atom. The molecule has 25 heavy (non-hydrogen) atoms. The monoisotopic (exact) mass is 359 g/mol. The van der Waals surface area contributed by atoms with Gasteiger partial charge in [-0.3, -0.25) is 4.90 Å². The van der Waals surface area contributed by atoms with Crippen molar-refractivity contribution in [1.82, 2.24) is 24.7 Å². The summed E-state index contributed by atoms with van der Waals surface area (Å²) >= 11 is 1.43. The zero-order valence-corrected chi connectivity index (χ0v) is 14.6. The van der Waals surface area contributed by atoms with E-state index in [-0.39, 0.29) is 11.7 Å². The summed E-state index contributed by atoms with van der Waals surface area (Å²) in [5.74, 6) is -0.364. The van der Waals surface area contributed by atoms with Crippen LogP contribution in [0, 0.1) is 0 Å². The summed E-state index contributed by atoms with van der Waals surface area (Å²) in [6.45, 7) is 0.905. The first kappa shape index (κ1) is 17.1. The number of benzene rings is 1. The largest absolute Gasteiger partial charge is 0.465 e. The SMILES string of the molecule is COC(=O)c1ccc(CN(C)Cn2nnn(-c3cccs3)c2=O)cc1. The molecule has 0 aliphatic rings. The summed E-state index contributed by atoms with van der Waals surface area (Å²) in [6.07, 6.45) is 0. The van der Waals surface area contributed by atoms with Crippen LogP contribution in [0.2, 0.25) is 0 Å². The highest BCUT2D eigenvalue weighted by Crippen LogP contribution is 2.11. The number of rotatable bonds is 6. The number of hydrogen-bond donors (Lipinski definition) is 0. The standard InChI is InChI=1S/C16H17N5O3S/c1-19(10-12-5-7-13(8-6-12)15(22)24-2)11-20-16(23)21(18-17-20)14-4-3-9-25-14/h3-9H,10-11H2,1-2H3. The highest BCUT2D eigenvalue weighted by atomic mass is 32.1. The van der Waals surface area contributed by atoms with Gasteiger partial charge in [0.2, 0.25) is 0 Å². The first-order valence-electron chi connectivity index (χ1n) is 7.51. The summed E-state index contributed by atoms with van der Waals surface area (Å²) in [7, 11) is 3.23. The van der Waals surface area contributed by atoms with Gasteiger partial charge in [-0.2, -0.15) is 9.36 Å². The molecule has 0 saturated carbocycles. The van der Waals surface area contributed by atoms with Crippen molar-refractivity contribution in [1.29, 1.82) is 0 Å². The molecule has 8 nitrogen and oxygen atoms in total.